The summed E-state index contributed by atoms with van der Waals surface area (Å²) in [5.74, 6) is -0.365. The van der Waals surface area contributed by atoms with Crippen LogP contribution in [0.1, 0.15) is 0 Å². The van der Waals surface area contributed by atoms with E-state index in [2.05, 4.69) is 10.3 Å². The normalized spacial score (nSPS) is 20.9. The van der Waals surface area contributed by atoms with E-state index in [1.54, 1.807) is 20.7 Å². The minimum atomic E-state index is -0.580. The van der Waals surface area contributed by atoms with Crippen LogP contribution in [-0.2, 0) is 20.9 Å². The smallest absolute Gasteiger partial charge is 0.245 e. The van der Waals surface area contributed by atoms with Crippen LogP contribution in [0.4, 0.5) is 0 Å². The third kappa shape index (κ3) is 2.40. The quantitative estimate of drug-likeness (QED) is 0.783. The van der Waals surface area contributed by atoms with Gasteiger partial charge in [-0.05, 0) is 12.1 Å². The molecule has 8 heteroatoms. The van der Waals surface area contributed by atoms with Gasteiger partial charge in [-0.15, -0.1) is 0 Å². The second-order valence-electron chi connectivity index (χ2n) is 6.02. The van der Waals surface area contributed by atoms with E-state index in [9.17, 15) is 14.4 Å². The van der Waals surface area contributed by atoms with Crippen LogP contribution in [0.15, 0.2) is 30.6 Å². The van der Waals surface area contributed by atoms with Crippen molar-refractivity contribution in [3.05, 3.63) is 30.6 Å². The zero-order chi connectivity index (χ0) is 16.7. The average molecular weight is 327 g/mol. The summed E-state index contributed by atoms with van der Waals surface area (Å²) in [4.78, 5) is 43.9. The number of nitrogens with one attached hydrogen (secondary N) is 1. The van der Waals surface area contributed by atoms with E-state index in [1.165, 1.54) is 0 Å². The largest absolute Gasteiger partial charge is 0.345 e. The number of aromatic nitrogens is 2. The first-order valence-electron chi connectivity index (χ1n) is 7.88. The van der Waals surface area contributed by atoms with Crippen molar-refractivity contribution in [3.63, 3.8) is 0 Å². The number of amides is 3. The lowest BCUT2D eigenvalue weighted by atomic mass is 10.1. The lowest BCUT2D eigenvalue weighted by Gasteiger charge is -2.42. The summed E-state index contributed by atoms with van der Waals surface area (Å²) in [5, 5.41) is 2.58. The zero-order valence-electron chi connectivity index (χ0n) is 13.0. The summed E-state index contributed by atoms with van der Waals surface area (Å²) in [6, 6.07) is 7.04. The van der Waals surface area contributed by atoms with E-state index in [0.29, 0.717) is 13.1 Å². The summed E-state index contributed by atoms with van der Waals surface area (Å²) in [5.41, 5.74) is 1.74. The Morgan fingerprint density at radius 3 is 2.96 bits per heavy atom. The molecule has 3 amide bonds. The molecule has 8 nitrogen and oxygen atoms in total. The Kier molecular flexibility index (Phi) is 3.44. The minimum absolute atomic E-state index is 0.0459. The number of hydrogen-bond acceptors (Lipinski definition) is 4. The molecular weight excluding hydrogens is 310 g/mol. The number of nitrogens with zero attached hydrogens (tertiary/aromatic N) is 4. The van der Waals surface area contributed by atoms with Gasteiger partial charge >= 0.3 is 0 Å². The molecule has 0 spiro atoms. The van der Waals surface area contributed by atoms with Crippen molar-refractivity contribution in [2.24, 2.45) is 0 Å². The summed E-state index contributed by atoms with van der Waals surface area (Å²) in [6.45, 7) is 1.30. The molecule has 0 saturated carbocycles. The van der Waals surface area contributed by atoms with Crippen LogP contribution < -0.4 is 5.32 Å². The Morgan fingerprint density at radius 1 is 1.25 bits per heavy atom. The Balaban J connectivity index is 1.49. The van der Waals surface area contributed by atoms with Gasteiger partial charge in [-0.3, -0.25) is 14.4 Å². The fourth-order valence-electron chi connectivity index (χ4n) is 3.30. The van der Waals surface area contributed by atoms with Crippen LogP contribution in [0.5, 0.6) is 0 Å². The maximum Gasteiger partial charge on any atom is 0.245 e. The summed E-state index contributed by atoms with van der Waals surface area (Å²) in [7, 11) is 0. The predicted octanol–water partition coefficient (Wildman–Crippen LogP) is -0.794. The summed E-state index contributed by atoms with van der Waals surface area (Å²) in [6.07, 6.45) is 1.65. The first kappa shape index (κ1) is 14.7. The molecule has 0 aliphatic carbocycles. The number of benzene rings is 1. The average Bonchev–Trinajstić information content (AvgIpc) is 3.01. The van der Waals surface area contributed by atoms with Gasteiger partial charge in [-0.25, -0.2) is 4.98 Å². The van der Waals surface area contributed by atoms with Crippen LogP contribution in [0.25, 0.3) is 11.0 Å². The fourth-order valence-corrected chi connectivity index (χ4v) is 3.30. The number of piperazine rings is 2. The highest BCUT2D eigenvalue weighted by Gasteiger charge is 2.39. The fraction of sp³-hybridized carbons (Fsp3) is 0.375. The second-order valence-corrected chi connectivity index (χ2v) is 6.02. The van der Waals surface area contributed by atoms with E-state index in [4.69, 9.17) is 0 Å². The summed E-state index contributed by atoms with van der Waals surface area (Å²) < 4.78 is 1.80. The van der Waals surface area contributed by atoms with Gasteiger partial charge in [0, 0.05) is 13.1 Å². The van der Waals surface area contributed by atoms with Gasteiger partial charge < -0.3 is 19.7 Å². The molecule has 2 fully saturated rings. The standard InChI is InChI=1S/C16H17N5O3/c22-14-7-17-16(24)13-8-19(5-6-21(13)14)15(23)9-20-10-18-11-3-1-2-4-12(11)20/h1-4,10,13H,5-9H2,(H,17,24)/t13-/m0/s1. The first-order valence-corrected chi connectivity index (χ1v) is 7.88. The number of rotatable bonds is 2. The van der Waals surface area contributed by atoms with Crippen LogP contribution in [0.3, 0.4) is 0 Å². The lowest BCUT2D eigenvalue weighted by molar-refractivity contribution is -0.152. The van der Waals surface area contributed by atoms with Crippen molar-refractivity contribution in [1.82, 2.24) is 24.7 Å². The van der Waals surface area contributed by atoms with Crippen molar-refractivity contribution in [2.75, 3.05) is 26.2 Å². The number of imidazole rings is 1. The van der Waals surface area contributed by atoms with Crippen LogP contribution >= 0.6 is 0 Å². The lowest BCUT2D eigenvalue weighted by Crippen LogP contribution is -2.66. The number of carbonyl (C=O) groups is 3. The molecule has 2 aliphatic rings. The highest BCUT2D eigenvalue weighted by molar-refractivity contribution is 5.95. The van der Waals surface area contributed by atoms with Crippen LogP contribution in [0.2, 0.25) is 0 Å². The third-order valence-electron chi connectivity index (χ3n) is 4.60. The molecule has 124 valence electrons. The number of fused-ring (bicyclic) bond motifs is 2. The Morgan fingerprint density at radius 2 is 2.08 bits per heavy atom. The summed E-state index contributed by atoms with van der Waals surface area (Å²) >= 11 is 0. The van der Waals surface area contributed by atoms with E-state index in [0.717, 1.165) is 11.0 Å². The van der Waals surface area contributed by atoms with Gasteiger partial charge in [-0.2, -0.15) is 0 Å². The van der Waals surface area contributed by atoms with E-state index in [-0.39, 0.29) is 37.4 Å². The Hall–Kier alpha value is -2.90. The first-order chi connectivity index (χ1) is 11.6. The molecule has 2 saturated heterocycles. The zero-order valence-corrected chi connectivity index (χ0v) is 13.0. The Labute approximate surface area is 138 Å². The molecule has 2 aromatic rings. The van der Waals surface area contributed by atoms with Crippen molar-refractivity contribution in [3.8, 4) is 0 Å². The van der Waals surface area contributed by atoms with Crippen molar-refractivity contribution in [2.45, 2.75) is 12.6 Å². The SMILES string of the molecule is O=C1NCC(=O)N2CCN(C(=O)Cn3cnc4ccccc43)C[C@@H]12. The molecule has 1 N–H and O–H groups in total. The highest BCUT2D eigenvalue weighted by Crippen LogP contribution is 2.16. The van der Waals surface area contributed by atoms with Crippen LogP contribution in [0, 0.1) is 0 Å². The van der Waals surface area contributed by atoms with Crippen molar-refractivity contribution >= 4 is 28.8 Å². The molecule has 1 aromatic heterocycles. The highest BCUT2D eigenvalue weighted by atomic mass is 16.2. The number of para-hydroxylation sites is 2. The van der Waals surface area contributed by atoms with Gasteiger partial charge in [-0.1, -0.05) is 12.1 Å². The van der Waals surface area contributed by atoms with Gasteiger partial charge in [0.1, 0.15) is 12.6 Å². The van der Waals surface area contributed by atoms with Crippen molar-refractivity contribution in [1.29, 1.82) is 0 Å². The Bertz CT molecular complexity index is 830. The van der Waals surface area contributed by atoms with Crippen molar-refractivity contribution < 1.29 is 14.4 Å². The van der Waals surface area contributed by atoms with Gasteiger partial charge in [0.2, 0.25) is 17.7 Å². The molecule has 2 aliphatic heterocycles. The van der Waals surface area contributed by atoms with E-state index >= 15 is 0 Å². The maximum absolute atomic E-state index is 12.6. The molecule has 0 bridgehead atoms. The van der Waals surface area contributed by atoms with Gasteiger partial charge in [0.25, 0.3) is 0 Å². The topological polar surface area (TPSA) is 87.5 Å². The predicted molar refractivity (Wildman–Crippen MR) is 84.8 cm³/mol. The second kappa shape index (κ2) is 5.63. The molecule has 1 aromatic carbocycles. The molecule has 24 heavy (non-hydrogen) atoms. The van der Waals surface area contributed by atoms with E-state index < -0.39 is 6.04 Å². The van der Waals surface area contributed by atoms with Gasteiger partial charge in [0.05, 0.1) is 30.5 Å². The third-order valence-corrected chi connectivity index (χ3v) is 4.60. The van der Waals surface area contributed by atoms with Gasteiger partial charge in [0.15, 0.2) is 0 Å². The van der Waals surface area contributed by atoms with Crippen LogP contribution in [-0.4, -0.2) is 69.3 Å². The minimum Gasteiger partial charge on any atom is -0.345 e. The number of hydrogen-bond donors (Lipinski definition) is 1. The van der Waals surface area contributed by atoms with E-state index in [1.807, 2.05) is 24.3 Å². The molecule has 1 atom stereocenters. The molecule has 4 rings (SSSR count). The number of carbonyl (C=O) groups excluding carboxylic acids is 3. The maximum atomic E-state index is 12.6. The molecular formula is C16H17N5O3. The monoisotopic (exact) mass is 327 g/mol. The molecule has 0 radical (unpaired) electrons. The molecule has 3 heterocycles. The molecule has 0 unspecified atom stereocenters.